The van der Waals surface area contributed by atoms with Crippen molar-refractivity contribution in [3.05, 3.63) is 63.8 Å². The second-order valence-electron chi connectivity index (χ2n) is 11.1. The summed E-state index contributed by atoms with van der Waals surface area (Å²) in [5.41, 5.74) is 2.08. The Bertz CT molecular complexity index is 1230. The predicted octanol–water partition coefficient (Wildman–Crippen LogP) is 3.67. The number of likely N-dealkylation sites (N-methyl/N-ethyl adjacent to an activating group) is 1. The van der Waals surface area contributed by atoms with Gasteiger partial charge in [-0.3, -0.25) is 14.3 Å². The van der Waals surface area contributed by atoms with Gasteiger partial charge in [0, 0.05) is 56.4 Å². The van der Waals surface area contributed by atoms with Crippen LogP contribution < -0.4 is 5.56 Å². The highest BCUT2D eigenvalue weighted by molar-refractivity contribution is 5.92. The second kappa shape index (κ2) is 15.5. The van der Waals surface area contributed by atoms with Gasteiger partial charge < -0.3 is 29.0 Å². The summed E-state index contributed by atoms with van der Waals surface area (Å²) in [6, 6.07) is 9.73. The molecule has 1 amide bonds. The average molecular weight is 586 g/mol. The number of rotatable bonds is 14. The molecule has 10 nitrogen and oxygen atoms in total. The molecule has 0 unspecified atom stereocenters. The summed E-state index contributed by atoms with van der Waals surface area (Å²) in [6.07, 6.45) is 7.05. The number of carbonyl (C=O) groups excluding carboxylic acids is 1. The van der Waals surface area contributed by atoms with Crippen LogP contribution in [0.3, 0.4) is 0 Å². The number of carbonyl (C=O) groups is 1. The Labute approximate surface area is 248 Å². The van der Waals surface area contributed by atoms with Gasteiger partial charge in [-0.1, -0.05) is 37.5 Å². The summed E-state index contributed by atoms with van der Waals surface area (Å²) in [5, 5.41) is 8.91. The van der Waals surface area contributed by atoms with E-state index in [1.54, 1.807) is 9.58 Å². The fraction of sp³-hybridized carbons (Fsp3) is 0.625. The zero-order chi connectivity index (χ0) is 30.1. The molecule has 232 valence electrons. The fourth-order valence-electron chi connectivity index (χ4n) is 6.15. The highest BCUT2D eigenvalue weighted by Gasteiger charge is 2.42. The van der Waals surface area contributed by atoms with Crippen molar-refractivity contribution < 1.29 is 28.8 Å². The molecule has 3 atom stereocenters. The zero-order valence-corrected chi connectivity index (χ0v) is 25.5. The van der Waals surface area contributed by atoms with Crippen LogP contribution in [0.4, 0.5) is 0 Å². The maximum atomic E-state index is 14.1. The minimum absolute atomic E-state index is 0.0304. The second-order valence-corrected chi connectivity index (χ2v) is 11.1. The normalized spacial score (nSPS) is 21.2. The molecule has 2 aromatic rings. The summed E-state index contributed by atoms with van der Waals surface area (Å²) in [4.78, 5) is 29.7. The van der Waals surface area contributed by atoms with Crippen LogP contribution >= 0.6 is 0 Å². The lowest BCUT2D eigenvalue weighted by molar-refractivity contribution is -0.172. The molecule has 1 saturated carbocycles. The van der Waals surface area contributed by atoms with Crippen LogP contribution in [-0.4, -0.2) is 84.3 Å². The van der Waals surface area contributed by atoms with E-state index < -0.39 is 12.2 Å². The van der Waals surface area contributed by atoms with Crippen molar-refractivity contribution in [1.82, 2.24) is 14.3 Å². The van der Waals surface area contributed by atoms with Gasteiger partial charge in [-0.25, -0.2) is 4.68 Å². The Morgan fingerprint density at radius 3 is 2.43 bits per heavy atom. The molecule has 1 aromatic heterocycles. The zero-order valence-electron chi connectivity index (χ0n) is 25.5. The molecule has 0 radical (unpaired) electrons. The molecule has 1 N–H and O–H groups in total. The van der Waals surface area contributed by atoms with E-state index in [2.05, 4.69) is 0 Å². The smallest absolute Gasteiger partial charge is 0.288 e. The number of aliphatic hydroxyl groups is 1. The van der Waals surface area contributed by atoms with Crippen molar-refractivity contribution in [3.8, 4) is 5.69 Å². The number of para-hydroxylation sites is 1. The summed E-state index contributed by atoms with van der Waals surface area (Å²) in [6.45, 7) is 5.63. The standard InChI is InChI=1S/C32H47N3O7/c1-5-41-32-26(16-18-39-20-21-40-19-17-36)27(22-28(42-32)30(37)33(3)24-12-8-6-9-13-24)29-23(2)34(4)35(31(29)38)25-14-10-7-11-15-25/h7,10-11,14-15,22,24,26-27,32,36H,5-6,8-9,12-13,16-21H2,1-4H3/t26-,27+,32-/m0/s1. The molecular formula is C32H47N3O7. The molecule has 1 aromatic carbocycles. The molecule has 42 heavy (non-hydrogen) atoms. The monoisotopic (exact) mass is 585 g/mol. The van der Waals surface area contributed by atoms with Crippen molar-refractivity contribution in [2.24, 2.45) is 13.0 Å². The van der Waals surface area contributed by atoms with Crippen LogP contribution in [0.5, 0.6) is 0 Å². The molecule has 1 fully saturated rings. The lowest BCUT2D eigenvalue weighted by Gasteiger charge is -2.38. The van der Waals surface area contributed by atoms with E-state index in [0.717, 1.165) is 37.1 Å². The number of allylic oxidation sites excluding steroid dienone is 1. The number of hydrogen-bond donors (Lipinski definition) is 1. The Balaban J connectivity index is 1.70. The van der Waals surface area contributed by atoms with Crippen LogP contribution in [0.2, 0.25) is 0 Å². The first-order chi connectivity index (χ1) is 20.4. The molecule has 2 aliphatic rings. The predicted molar refractivity (Wildman–Crippen MR) is 160 cm³/mol. The maximum absolute atomic E-state index is 14.1. The molecule has 1 aliphatic heterocycles. The van der Waals surface area contributed by atoms with Crippen LogP contribution in [0.1, 0.15) is 62.6 Å². The Kier molecular flexibility index (Phi) is 11.8. The van der Waals surface area contributed by atoms with Gasteiger partial charge in [0.15, 0.2) is 5.76 Å². The third-order valence-corrected chi connectivity index (χ3v) is 8.50. The summed E-state index contributed by atoms with van der Waals surface area (Å²) < 4.78 is 27.1. The van der Waals surface area contributed by atoms with Gasteiger partial charge in [0.05, 0.1) is 32.1 Å². The van der Waals surface area contributed by atoms with Gasteiger partial charge in [0.25, 0.3) is 11.5 Å². The van der Waals surface area contributed by atoms with Gasteiger partial charge in [0.2, 0.25) is 6.29 Å². The first-order valence-corrected chi connectivity index (χ1v) is 15.3. The summed E-state index contributed by atoms with van der Waals surface area (Å²) >= 11 is 0. The van der Waals surface area contributed by atoms with Gasteiger partial charge >= 0.3 is 0 Å². The van der Waals surface area contributed by atoms with E-state index >= 15 is 0 Å². The molecule has 0 bridgehead atoms. The van der Waals surface area contributed by atoms with Gasteiger partial charge in [0.1, 0.15) is 0 Å². The van der Waals surface area contributed by atoms with Crippen LogP contribution in [-0.2, 0) is 30.8 Å². The Morgan fingerprint density at radius 1 is 1.07 bits per heavy atom. The Morgan fingerprint density at radius 2 is 1.76 bits per heavy atom. The van der Waals surface area contributed by atoms with Crippen LogP contribution in [0.15, 0.2) is 47.0 Å². The average Bonchev–Trinajstić information content (AvgIpc) is 3.24. The van der Waals surface area contributed by atoms with E-state index in [1.165, 1.54) is 6.42 Å². The fourth-order valence-corrected chi connectivity index (χ4v) is 6.15. The minimum atomic E-state index is -0.720. The van der Waals surface area contributed by atoms with Gasteiger partial charge in [-0.2, -0.15) is 0 Å². The highest BCUT2D eigenvalue weighted by Crippen LogP contribution is 2.40. The number of hydrogen-bond acceptors (Lipinski definition) is 7. The molecule has 1 aliphatic carbocycles. The van der Waals surface area contributed by atoms with Crippen molar-refractivity contribution in [3.63, 3.8) is 0 Å². The van der Waals surface area contributed by atoms with E-state index in [0.29, 0.717) is 38.4 Å². The number of amides is 1. The largest absolute Gasteiger partial charge is 0.459 e. The molecule has 0 spiro atoms. The van der Waals surface area contributed by atoms with Crippen molar-refractivity contribution in [2.75, 3.05) is 46.7 Å². The van der Waals surface area contributed by atoms with Crippen molar-refractivity contribution >= 4 is 5.91 Å². The maximum Gasteiger partial charge on any atom is 0.288 e. The van der Waals surface area contributed by atoms with E-state index in [9.17, 15) is 9.59 Å². The van der Waals surface area contributed by atoms with Crippen molar-refractivity contribution in [2.45, 2.75) is 70.6 Å². The van der Waals surface area contributed by atoms with E-state index in [4.69, 9.17) is 24.1 Å². The number of nitrogens with zero attached hydrogens (tertiary/aromatic N) is 3. The SMILES string of the molecule is CCO[C@H]1OC(C(=O)N(C)C2CCCCC2)=C[C@@H](c2c(C)n(C)n(-c3ccccc3)c2=O)[C@@H]1CCOCCOCCO. The van der Waals surface area contributed by atoms with Gasteiger partial charge in [-0.05, 0) is 51.3 Å². The molecule has 0 saturated heterocycles. The van der Waals surface area contributed by atoms with Crippen molar-refractivity contribution in [1.29, 1.82) is 0 Å². The minimum Gasteiger partial charge on any atom is -0.459 e. The van der Waals surface area contributed by atoms with Crippen LogP contribution in [0.25, 0.3) is 5.69 Å². The van der Waals surface area contributed by atoms with Gasteiger partial charge in [-0.15, -0.1) is 0 Å². The topological polar surface area (TPSA) is 104 Å². The summed E-state index contributed by atoms with van der Waals surface area (Å²) in [5.74, 6) is -0.635. The lowest BCUT2D eigenvalue weighted by atomic mass is 9.81. The number of ether oxygens (including phenoxy) is 4. The third kappa shape index (κ3) is 7.34. The molecular weight excluding hydrogens is 538 g/mol. The first kappa shape index (κ1) is 32.0. The van der Waals surface area contributed by atoms with Crippen LogP contribution in [0, 0.1) is 12.8 Å². The molecule has 4 rings (SSSR count). The molecule has 2 heterocycles. The number of aromatic nitrogens is 2. The number of aliphatic hydroxyl groups excluding tert-OH is 1. The Hall–Kier alpha value is -2.92. The summed E-state index contributed by atoms with van der Waals surface area (Å²) in [7, 11) is 3.73. The van der Waals surface area contributed by atoms with E-state index in [1.807, 2.05) is 69.0 Å². The molecule has 10 heteroatoms. The quantitative estimate of drug-likeness (QED) is 0.338. The third-order valence-electron chi connectivity index (χ3n) is 8.50. The lowest BCUT2D eigenvalue weighted by Crippen LogP contribution is -2.44. The first-order valence-electron chi connectivity index (χ1n) is 15.3. The number of benzene rings is 1. The van der Waals surface area contributed by atoms with E-state index in [-0.39, 0.29) is 42.4 Å². The highest BCUT2D eigenvalue weighted by atomic mass is 16.7.